The van der Waals surface area contributed by atoms with Crippen LogP contribution in [0.5, 0.6) is 0 Å². The standard InChI is InChI=1S/C17H29N5O2/c1-3-18-17(19-9-13-5-4-6-15(13)23)22-7-8-24-16(12-22)14-10-20-21(2)11-14/h10-11,13,15-16,23H,3-9,12H2,1-2H3,(H,18,19). The Kier molecular flexibility index (Phi) is 5.73. The molecule has 0 aromatic carbocycles. The van der Waals surface area contributed by atoms with E-state index in [1.807, 2.05) is 19.4 Å². The van der Waals surface area contributed by atoms with E-state index in [1.54, 1.807) is 4.68 Å². The zero-order valence-electron chi connectivity index (χ0n) is 14.7. The summed E-state index contributed by atoms with van der Waals surface area (Å²) in [6.45, 7) is 5.88. The molecule has 2 aliphatic rings. The highest BCUT2D eigenvalue weighted by Crippen LogP contribution is 2.26. The lowest BCUT2D eigenvalue weighted by molar-refractivity contribution is -0.00810. The number of rotatable bonds is 4. The monoisotopic (exact) mass is 335 g/mol. The largest absolute Gasteiger partial charge is 0.393 e. The summed E-state index contributed by atoms with van der Waals surface area (Å²) in [4.78, 5) is 7.05. The first kappa shape index (κ1) is 17.2. The maximum Gasteiger partial charge on any atom is 0.194 e. The maximum absolute atomic E-state index is 10.0. The molecule has 2 N–H and O–H groups in total. The molecule has 2 fully saturated rings. The van der Waals surface area contributed by atoms with Crippen molar-refractivity contribution in [1.29, 1.82) is 0 Å². The molecule has 7 nitrogen and oxygen atoms in total. The van der Waals surface area contributed by atoms with Gasteiger partial charge in [-0.1, -0.05) is 6.42 Å². The number of hydrogen-bond donors (Lipinski definition) is 2. The van der Waals surface area contributed by atoms with Crippen LogP contribution >= 0.6 is 0 Å². The lowest BCUT2D eigenvalue weighted by atomic mass is 10.1. The Bertz CT molecular complexity index is 559. The van der Waals surface area contributed by atoms with Gasteiger partial charge >= 0.3 is 0 Å². The number of nitrogens with zero attached hydrogens (tertiary/aromatic N) is 4. The highest BCUT2D eigenvalue weighted by atomic mass is 16.5. The molecule has 1 aliphatic heterocycles. The number of guanidine groups is 1. The van der Waals surface area contributed by atoms with Gasteiger partial charge in [0.15, 0.2) is 5.96 Å². The third-order valence-corrected chi connectivity index (χ3v) is 4.89. The SMILES string of the molecule is CCNC(=NCC1CCCC1O)N1CCOC(c2cnn(C)c2)C1. The maximum atomic E-state index is 10.0. The fraction of sp³-hybridized carbons (Fsp3) is 0.765. The Morgan fingerprint density at radius 3 is 3.04 bits per heavy atom. The van der Waals surface area contributed by atoms with Crippen LogP contribution in [-0.4, -0.2) is 64.6 Å². The van der Waals surface area contributed by atoms with Crippen molar-refractivity contribution < 1.29 is 9.84 Å². The van der Waals surface area contributed by atoms with Crippen LogP contribution in [0, 0.1) is 5.92 Å². The molecule has 0 spiro atoms. The van der Waals surface area contributed by atoms with Crippen LogP contribution in [0.4, 0.5) is 0 Å². The van der Waals surface area contributed by atoms with Crippen molar-refractivity contribution in [3.8, 4) is 0 Å². The normalized spacial score (nSPS) is 28.4. The molecule has 0 bridgehead atoms. The van der Waals surface area contributed by atoms with E-state index >= 15 is 0 Å². The molecule has 1 aliphatic carbocycles. The highest BCUT2D eigenvalue weighted by Gasteiger charge is 2.27. The van der Waals surface area contributed by atoms with Crippen molar-refractivity contribution in [3.63, 3.8) is 0 Å². The Balaban J connectivity index is 1.65. The summed E-state index contributed by atoms with van der Waals surface area (Å²) in [5.41, 5.74) is 1.10. The van der Waals surface area contributed by atoms with Crippen molar-refractivity contribution in [2.45, 2.75) is 38.4 Å². The van der Waals surface area contributed by atoms with Crippen LogP contribution in [0.1, 0.15) is 37.9 Å². The second-order valence-electron chi connectivity index (χ2n) is 6.71. The van der Waals surface area contributed by atoms with Crippen molar-refractivity contribution in [3.05, 3.63) is 18.0 Å². The Hall–Kier alpha value is -1.60. The van der Waals surface area contributed by atoms with E-state index < -0.39 is 0 Å². The smallest absolute Gasteiger partial charge is 0.194 e. The number of aromatic nitrogens is 2. The first-order valence-electron chi connectivity index (χ1n) is 8.99. The van der Waals surface area contributed by atoms with Crippen LogP contribution in [0.2, 0.25) is 0 Å². The number of aliphatic hydroxyl groups excluding tert-OH is 1. The van der Waals surface area contributed by atoms with Gasteiger partial charge < -0.3 is 20.1 Å². The molecule has 1 saturated carbocycles. The fourth-order valence-electron chi connectivity index (χ4n) is 3.51. The fourth-order valence-corrected chi connectivity index (χ4v) is 3.51. The summed E-state index contributed by atoms with van der Waals surface area (Å²) in [6, 6.07) is 0. The van der Waals surface area contributed by atoms with Gasteiger partial charge in [-0.15, -0.1) is 0 Å². The summed E-state index contributed by atoms with van der Waals surface area (Å²) in [5.74, 6) is 1.22. The molecule has 1 aromatic rings. The molecule has 3 unspecified atom stereocenters. The number of nitrogens with one attached hydrogen (secondary N) is 1. The molecule has 24 heavy (non-hydrogen) atoms. The minimum absolute atomic E-state index is 0.0216. The second-order valence-corrected chi connectivity index (χ2v) is 6.71. The molecule has 134 valence electrons. The van der Waals surface area contributed by atoms with Gasteiger partial charge in [-0.05, 0) is 19.8 Å². The van der Waals surface area contributed by atoms with E-state index in [2.05, 4.69) is 22.2 Å². The lowest BCUT2D eigenvalue weighted by Crippen LogP contribution is -2.48. The summed E-state index contributed by atoms with van der Waals surface area (Å²) in [5, 5.41) is 17.6. The molecule has 1 aromatic heterocycles. The van der Waals surface area contributed by atoms with Gasteiger partial charge in [0.05, 0.1) is 25.5 Å². The van der Waals surface area contributed by atoms with E-state index in [1.165, 1.54) is 0 Å². The molecule has 3 rings (SSSR count). The van der Waals surface area contributed by atoms with Gasteiger partial charge in [-0.25, -0.2) is 0 Å². The van der Waals surface area contributed by atoms with E-state index in [-0.39, 0.29) is 12.2 Å². The van der Waals surface area contributed by atoms with Crippen LogP contribution in [0.25, 0.3) is 0 Å². The van der Waals surface area contributed by atoms with Crippen LogP contribution in [0.3, 0.4) is 0 Å². The predicted molar refractivity (Wildman–Crippen MR) is 92.8 cm³/mol. The quantitative estimate of drug-likeness (QED) is 0.632. The minimum Gasteiger partial charge on any atom is -0.393 e. The third kappa shape index (κ3) is 4.08. The topological polar surface area (TPSA) is 74.9 Å². The van der Waals surface area contributed by atoms with Gasteiger partial charge in [0, 0.05) is 44.4 Å². The van der Waals surface area contributed by atoms with E-state index in [0.29, 0.717) is 19.1 Å². The minimum atomic E-state index is -0.190. The average Bonchev–Trinajstić information content (AvgIpc) is 3.20. The van der Waals surface area contributed by atoms with Gasteiger partial charge in [0.25, 0.3) is 0 Å². The first-order chi connectivity index (χ1) is 11.7. The molecule has 0 radical (unpaired) electrons. The summed E-state index contributed by atoms with van der Waals surface area (Å²) in [6.07, 6.45) is 6.81. The second kappa shape index (κ2) is 7.98. The predicted octanol–water partition coefficient (Wildman–Crippen LogP) is 0.920. The number of ether oxygens (including phenoxy) is 1. The van der Waals surface area contributed by atoms with Gasteiger partial charge in [0.1, 0.15) is 6.10 Å². The average molecular weight is 335 g/mol. The van der Waals surface area contributed by atoms with Crippen molar-refractivity contribution >= 4 is 5.96 Å². The number of aliphatic hydroxyl groups is 1. The van der Waals surface area contributed by atoms with Crippen molar-refractivity contribution in [1.82, 2.24) is 20.0 Å². The molecular formula is C17H29N5O2. The molecule has 7 heteroatoms. The molecule has 1 saturated heterocycles. The Labute approximate surface area is 143 Å². The van der Waals surface area contributed by atoms with Crippen LogP contribution < -0.4 is 5.32 Å². The van der Waals surface area contributed by atoms with E-state index in [4.69, 9.17) is 9.73 Å². The van der Waals surface area contributed by atoms with E-state index in [0.717, 1.165) is 50.4 Å². The zero-order chi connectivity index (χ0) is 16.9. The first-order valence-corrected chi connectivity index (χ1v) is 8.99. The molecule has 0 amide bonds. The number of morpholine rings is 1. The summed E-state index contributed by atoms with van der Waals surface area (Å²) in [7, 11) is 1.92. The van der Waals surface area contributed by atoms with Gasteiger partial charge in [0.2, 0.25) is 0 Å². The highest BCUT2D eigenvalue weighted by molar-refractivity contribution is 5.80. The summed E-state index contributed by atoms with van der Waals surface area (Å²) < 4.78 is 7.72. The van der Waals surface area contributed by atoms with E-state index in [9.17, 15) is 5.11 Å². The molecular weight excluding hydrogens is 306 g/mol. The Morgan fingerprint density at radius 1 is 1.50 bits per heavy atom. The third-order valence-electron chi connectivity index (χ3n) is 4.89. The van der Waals surface area contributed by atoms with Crippen molar-refractivity contribution in [2.24, 2.45) is 18.0 Å². The lowest BCUT2D eigenvalue weighted by Gasteiger charge is -2.35. The summed E-state index contributed by atoms with van der Waals surface area (Å²) >= 11 is 0. The number of hydrogen-bond acceptors (Lipinski definition) is 4. The van der Waals surface area contributed by atoms with Crippen LogP contribution in [-0.2, 0) is 11.8 Å². The van der Waals surface area contributed by atoms with Crippen LogP contribution in [0.15, 0.2) is 17.4 Å². The number of aryl methyl sites for hydroxylation is 1. The molecule has 2 heterocycles. The zero-order valence-corrected chi connectivity index (χ0v) is 14.7. The number of aliphatic imine (C=N–C) groups is 1. The van der Waals surface area contributed by atoms with Gasteiger partial charge in [-0.3, -0.25) is 9.67 Å². The van der Waals surface area contributed by atoms with Gasteiger partial charge in [-0.2, -0.15) is 5.10 Å². The van der Waals surface area contributed by atoms with Crippen molar-refractivity contribution in [2.75, 3.05) is 32.8 Å². The Morgan fingerprint density at radius 2 is 2.38 bits per heavy atom. The molecule has 3 atom stereocenters.